The standard InChI is InChI=1S/C10H20O2.2C8H17.Sn/c1-9(2)7-5-3-4-6-8-10(11)12;2*1-3-5-7-8-6-4-2;/h9H,3-8H2,1-2H3,(H,11,12);2*1,3-8H2,2H3;. The van der Waals surface area contributed by atoms with Crippen LogP contribution in [0.1, 0.15) is 143 Å². The molecule has 0 aliphatic carbocycles. The minimum atomic E-state index is -0.668. The first kappa shape index (κ1) is 31.5. The van der Waals surface area contributed by atoms with Gasteiger partial charge in [-0.15, -0.1) is 0 Å². The first-order valence-electron chi connectivity index (χ1n) is 13.0. The van der Waals surface area contributed by atoms with Gasteiger partial charge in [0.25, 0.3) is 0 Å². The zero-order valence-corrected chi connectivity index (χ0v) is 23.4. The van der Waals surface area contributed by atoms with Gasteiger partial charge in [-0.1, -0.05) is 39.5 Å². The number of unbranched alkanes of at least 4 members (excludes halogenated alkanes) is 13. The van der Waals surface area contributed by atoms with E-state index in [1.807, 2.05) is 0 Å². The van der Waals surface area contributed by atoms with E-state index in [1.54, 1.807) is 21.7 Å². The summed E-state index contributed by atoms with van der Waals surface area (Å²) in [5.74, 6) is 0.114. The Balaban J connectivity index is 0. The van der Waals surface area contributed by atoms with E-state index in [4.69, 9.17) is 5.11 Å². The Morgan fingerprint density at radius 1 is 0.655 bits per heavy atom. The molecule has 3 heteroatoms. The number of hydrogen-bond donors (Lipinski definition) is 1. The molecule has 0 amide bonds. The van der Waals surface area contributed by atoms with E-state index >= 15 is 0 Å². The van der Waals surface area contributed by atoms with Crippen LogP contribution in [0.4, 0.5) is 0 Å². The monoisotopic (exact) mass is 518 g/mol. The Morgan fingerprint density at radius 2 is 1.07 bits per heavy atom. The van der Waals surface area contributed by atoms with Crippen molar-refractivity contribution < 1.29 is 9.90 Å². The SMILES string of the molecule is CC(C)CCCCCCC(=O)O.CCCCCCC[CH2][Sn][CH2]CCCCCCC. The Hall–Kier alpha value is 0.269. The first-order chi connectivity index (χ1) is 14.0. The average molecular weight is 517 g/mol. The minimum absolute atomic E-state index is 0.0736. The average Bonchev–Trinajstić information content (AvgIpc) is 2.68. The Morgan fingerprint density at radius 3 is 1.52 bits per heavy atom. The molecule has 0 aromatic carbocycles. The summed E-state index contributed by atoms with van der Waals surface area (Å²) in [5, 5.41) is 8.36. The molecule has 0 saturated heterocycles. The van der Waals surface area contributed by atoms with Crippen LogP contribution >= 0.6 is 0 Å². The number of rotatable bonds is 21. The Kier molecular flexibility index (Phi) is 30.7. The van der Waals surface area contributed by atoms with Gasteiger partial charge in [-0.25, -0.2) is 0 Å². The van der Waals surface area contributed by atoms with Crippen LogP contribution in [0.25, 0.3) is 0 Å². The van der Waals surface area contributed by atoms with Crippen LogP contribution in [0.5, 0.6) is 0 Å². The van der Waals surface area contributed by atoms with Crippen molar-refractivity contribution in [1.29, 1.82) is 0 Å². The van der Waals surface area contributed by atoms with Gasteiger partial charge in [-0.2, -0.15) is 0 Å². The van der Waals surface area contributed by atoms with Crippen molar-refractivity contribution >= 4 is 27.1 Å². The van der Waals surface area contributed by atoms with Gasteiger partial charge in [-0.05, 0) is 12.3 Å². The third-order valence-electron chi connectivity index (χ3n) is 5.34. The van der Waals surface area contributed by atoms with E-state index in [0.29, 0.717) is 6.42 Å². The number of carbonyl (C=O) groups is 1. The molecule has 0 heterocycles. The van der Waals surface area contributed by atoms with Crippen LogP contribution in [0.15, 0.2) is 0 Å². The first-order valence-corrected chi connectivity index (χ1v) is 17.0. The Bertz CT molecular complexity index is 291. The number of carboxylic acid groups (broad SMARTS) is 1. The molecule has 0 saturated carbocycles. The van der Waals surface area contributed by atoms with Gasteiger partial charge < -0.3 is 5.11 Å². The summed E-state index contributed by atoms with van der Waals surface area (Å²) in [5.41, 5.74) is 0. The van der Waals surface area contributed by atoms with Crippen LogP contribution in [0, 0.1) is 5.92 Å². The molecular formula is C26H54O2Sn. The van der Waals surface area contributed by atoms with Crippen molar-refractivity contribution in [2.45, 2.75) is 152 Å². The summed E-state index contributed by atoms with van der Waals surface area (Å²) < 4.78 is 3.31. The van der Waals surface area contributed by atoms with Gasteiger partial charge in [0.15, 0.2) is 0 Å². The van der Waals surface area contributed by atoms with Crippen LogP contribution in [0.3, 0.4) is 0 Å². The molecule has 2 radical (unpaired) electrons. The van der Waals surface area contributed by atoms with Crippen molar-refractivity contribution in [3.8, 4) is 0 Å². The molecule has 29 heavy (non-hydrogen) atoms. The predicted molar refractivity (Wildman–Crippen MR) is 132 cm³/mol. The molecule has 0 bridgehead atoms. The molecule has 0 spiro atoms. The summed E-state index contributed by atoms with van der Waals surface area (Å²) in [6, 6.07) is 0. The second kappa shape index (κ2) is 28.3. The van der Waals surface area contributed by atoms with Gasteiger partial charge in [0.05, 0.1) is 0 Å². The second-order valence-corrected chi connectivity index (χ2v) is 13.3. The van der Waals surface area contributed by atoms with Crippen LogP contribution < -0.4 is 0 Å². The molecule has 0 atom stereocenters. The second-order valence-electron chi connectivity index (χ2n) is 9.03. The molecule has 0 aromatic heterocycles. The molecule has 174 valence electrons. The summed E-state index contributed by atoms with van der Waals surface area (Å²) >= 11 is 0.0736. The molecule has 1 N–H and O–H groups in total. The number of carboxylic acids is 1. The van der Waals surface area contributed by atoms with Gasteiger partial charge in [0.2, 0.25) is 0 Å². The van der Waals surface area contributed by atoms with Crippen molar-refractivity contribution in [1.82, 2.24) is 0 Å². The van der Waals surface area contributed by atoms with Crippen LogP contribution in [-0.2, 0) is 4.79 Å². The zero-order valence-electron chi connectivity index (χ0n) is 20.6. The van der Waals surface area contributed by atoms with Gasteiger partial charge in [0.1, 0.15) is 0 Å². The van der Waals surface area contributed by atoms with E-state index in [0.717, 1.165) is 18.8 Å². The quantitative estimate of drug-likeness (QED) is 0.122. The molecule has 0 aliphatic rings. The molecule has 2 nitrogen and oxygen atoms in total. The van der Waals surface area contributed by atoms with E-state index in [1.165, 1.54) is 83.5 Å². The number of aliphatic carboxylic acids is 1. The third kappa shape index (κ3) is 36.0. The zero-order chi connectivity index (χ0) is 22.0. The summed E-state index contributed by atoms with van der Waals surface area (Å²) in [6.45, 7) is 9.04. The fraction of sp³-hybridized carbons (Fsp3) is 0.962. The summed E-state index contributed by atoms with van der Waals surface area (Å²) in [7, 11) is 0. The van der Waals surface area contributed by atoms with Crippen molar-refractivity contribution in [2.75, 3.05) is 0 Å². The topological polar surface area (TPSA) is 37.3 Å². The third-order valence-corrected chi connectivity index (χ3v) is 9.37. The van der Waals surface area contributed by atoms with E-state index in [2.05, 4.69) is 27.7 Å². The van der Waals surface area contributed by atoms with Crippen molar-refractivity contribution in [2.24, 2.45) is 5.92 Å². The molecule has 0 aliphatic heterocycles. The van der Waals surface area contributed by atoms with Gasteiger partial charge >= 0.3 is 127 Å². The maximum atomic E-state index is 10.1. The van der Waals surface area contributed by atoms with E-state index in [9.17, 15) is 4.79 Å². The molecule has 0 unspecified atom stereocenters. The van der Waals surface area contributed by atoms with E-state index < -0.39 is 5.97 Å². The van der Waals surface area contributed by atoms with Crippen LogP contribution in [-0.4, -0.2) is 32.2 Å². The van der Waals surface area contributed by atoms with Gasteiger partial charge in [-0.3, -0.25) is 4.79 Å². The Labute approximate surface area is 194 Å². The fourth-order valence-electron chi connectivity index (χ4n) is 3.37. The molecule has 0 rings (SSSR count). The predicted octanol–water partition coefficient (Wildman–Crippen LogP) is 9.32. The fourth-order valence-corrected chi connectivity index (χ4v) is 6.94. The summed E-state index contributed by atoms with van der Waals surface area (Å²) in [4.78, 5) is 10.1. The maximum absolute atomic E-state index is 10.1. The molecule has 0 aromatic rings. The molecule has 0 fully saturated rings. The molecular weight excluding hydrogens is 463 g/mol. The summed E-state index contributed by atoms with van der Waals surface area (Å²) in [6.07, 6.45) is 23.8. The van der Waals surface area contributed by atoms with Crippen molar-refractivity contribution in [3.05, 3.63) is 0 Å². The number of hydrogen-bond acceptors (Lipinski definition) is 1. The van der Waals surface area contributed by atoms with Gasteiger partial charge in [0, 0.05) is 6.42 Å². The van der Waals surface area contributed by atoms with Crippen molar-refractivity contribution in [3.63, 3.8) is 0 Å². The normalized spacial score (nSPS) is 10.8. The van der Waals surface area contributed by atoms with E-state index in [-0.39, 0.29) is 21.1 Å². The van der Waals surface area contributed by atoms with Crippen LogP contribution in [0.2, 0.25) is 8.87 Å².